The molecule has 12 nitrogen and oxygen atoms in total. The maximum atomic E-state index is 11.2. The zero-order valence-corrected chi connectivity index (χ0v) is 16.9. The van der Waals surface area contributed by atoms with Crippen LogP contribution >= 0.6 is 0 Å². The summed E-state index contributed by atoms with van der Waals surface area (Å²) in [7, 11) is 0. The Morgan fingerprint density at radius 2 is 1.48 bits per heavy atom. The minimum atomic E-state index is -1.31. The van der Waals surface area contributed by atoms with Gasteiger partial charge >= 0.3 is 30.0 Å². The van der Waals surface area contributed by atoms with Crippen molar-refractivity contribution >= 4 is 30.0 Å². The van der Waals surface area contributed by atoms with Gasteiger partial charge in [0, 0.05) is 19.4 Å². The molecule has 1 atom stereocenters. The molecule has 0 unspecified atom stereocenters. The monoisotopic (exact) mass is 421 g/mol. The van der Waals surface area contributed by atoms with E-state index in [0.717, 1.165) is 12.8 Å². The molecule has 12 heteroatoms. The number of unbranched alkanes of at least 4 members (excludes halogenated alkanes) is 2. The number of rotatable bonds is 11. The topological polar surface area (TPSA) is 205 Å². The van der Waals surface area contributed by atoms with E-state index in [9.17, 15) is 24.0 Å². The molecule has 29 heavy (non-hydrogen) atoms. The third-order valence-corrected chi connectivity index (χ3v) is 3.00. The zero-order chi connectivity index (χ0) is 23.0. The van der Waals surface area contributed by atoms with Crippen LogP contribution in [0.5, 0.6) is 0 Å². The quantitative estimate of drug-likeness (QED) is 0.264. The first-order chi connectivity index (χ1) is 13.2. The molecule has 0 bridgehead atoms. The second-order valence-electron chi connectivity index (χ2n) is 6.96. The van der Waals surface area contributed by atoms with Crippen molar-refractivity contribution in [3.8, 4) is 0 Å². The molecule has 0 spiro atoms. The fourth-order valence-corrected chi connectivity index (χ4v) is 1.78. The van der Waals surface area contributed by atoms with E-state index >= 15 is 0 Å². The summed E-state index contributed by atoms with van der Waals surface area (Å²) in [6, 6.07) is -2.23. The van der Waals surface area contributed by atoms with E-state index in [4.69, 9.17) is 20.1 Å². The maximum Gasteiger partial charge on any atom is 0.407 e. The minimum Gasteiger partial charge on any atom is -0.481 e. The standard InChI is InChI=1S/C11H21NO4.C6H10N2O5/c1-11(2,3)16-10(15)12-8-6-4-5-7-9(13)14;7-6(13)8-3(5(11)12)1-2-4(9)10/h4-8H2,1-3H3,(H,12,15)(H,13,14);3H,1-2H2,(H,9,10)(H,11,12)(H3,7,8,13)/t;3-/m.0/s1. The number of carbonyl (C=O) groups excluding carboxylic acids is 2. The second-order valence-corrected chi connectivity index (χ2v) is 6.96. The van der Waals surface area contributed by atoms with Gasteiger partial charge in [-0.3, -0.25) is 9.59 Å². The lowest BCUT2D eigenvalue weighted by Crippen LogP contribution is -2.43. The average molecular weight is 421 g/mol. The first-order valence-corrected chi connectivity index (χ1v) is 8.93. The predicted octanol–water partition coefficient (Wildman–Crippen LogP) is 1.13. The van der Waals surface area contributed by atoms with Crippen LogP contribution in [0.15, 0.2) is 0 Å². The van der Waals surface area contributed by atoms with Crippen molar-refractivity contribution in [1.82, 2.24) is 10.6 Å². The normalized spacial score (nSPS) is 11.3. The third kappa shape index (κ3) is 22.9. The molecule has 0 aromatic carbocycles. The summed E-state index contributed by atoms with van der Waals surface area (Å²) in [6.07, 6.45) is 1.45. The smallest absolute Gasteiger partial charge is 0.407 e. The Morgan fingerprint density at radius 3 is 1.90 bits per heavy atom. The SMILES string of the molecule is CC(C)(C)OC(=O)NCCCCCC(=O)O.NC(=O)N[C@@H](CCC(=O)O)C(=O)O. The highest BCUT2D eigenvalue weighted by Gasteiger charge is 2.19. The summed E-state index contributed by atoms with van der Waals surface area (Å²) >= 11 is 0. The van der Waals surface area contributed by atoms with Crippen molar-refractivity contribution in [2.45, 2.75) is 70.9 Å². The van der Waals surface area contributed by atoms with Gasteiger partial charge in [-0.15, -0.1) is 0 Å². The van der Waals surface area contributed by atoms with Crippen molar-refractivity contribution in [2.24, 2.45) is 5.73 Å². The number of nitrogens with one attached hydrogen (secondary N) is 2. The van der Waals surface area contributed by atoms with Crippen LogP contribution in [0.3, 0.4) is 0 Å². The number of carbonyl (C=O) groups is 5. The van der Waals surface area contributed by atoms with Crippen LogP contribution in [0.25, 0.3) is 0 Å². The highest BCUT2D eigenvalue weighted by atomic mass is 16.6. The molecule has 168 valence electrons. The highest BCUT2D eigenvalue weighted by molar-refractivity contribution is 5.82. The molecule has 0 aliphatic rings. The van der Waals surface area contributed by atoms with Crippen molar-refractivity contribution < 1.29 is 44.0 Å². The van der Waals surface area contributed by atoms with Gasteiger partial charge in [0.15, 0.2) is 0 Å². The number of amides is 3. The first-order valence-electron chi connectivity index (χ1n) is 8.93. The fraction of sp³-hybridized carbons (Fsp3) is 0.706. The Labute approximate surface area is 168 Å². The number of hydrogen-bond acceptors (Lipinski definition) is 6. The van der Waals surface area contributed by atoms with Gasteiger partial charge in [-0.2, -0.15) is 0 Å². The zero-order valence-electron chi connectivity index (χ0n) is 16.9. The van der Waals surface area contributed by atoms with Gasteiger partial charge in [0.1, 0.15) is 11.6 Å². The van der Waals surface area contributed by atoms with E-state index in [1.807, 2.05) is 5.32 Å². The van der Waals surface area contributed by atoms with Crippen molar-refractivity contribution in [2.75, 3.05) is 6.54 Å². The Bertz CT molecular complexity index is 559. The van der Waals surface area contributed by atoms with Crippen molar-refractivity contribution in [3.63, 3.8) is 0 Å². The molecule has 0 aliphatic heterocycles. The lowest BCUT2D eigenvalue weighted by atomic mass is 10.1. The molecule has 0 aromatic heterocycles. The Kier molecular flexibility index (Phi) is 14.5. The van der Waals surface area contributed by atoms with E-state index in [1.54, 1.807) is 20.8 Å². The molecule has 0 rings (SSSR count). The number of aliphatic carboxylic acids is 3. The number of alkyl carbamates (subject to hydrolysis) is 1. The molecule has 0 aromatic rings. The van der Waals surface area contributed by atoms with Crippen LogP contribution < -0.4 is 16.4 Å². The van der Waals surface area contributed by atoms with Gasteiger partial charge in [-0.25, -0.2) is 14.4 Å². The highest BCUT2D eigenvalue weighted by Crippen LogP contribution is 2.06. The Hall–Kier alpha value is -3.05. The number of ether oxygens (including phenoxy) is 1. The molecule has 7 N–H and O–H groups in total. The molecular formula is C17H31N3O9. The molecule has 0 saturated heterocycles. The predicted molar refractivity (Wildman–Crippen MR) is 101 cm³/mol. The number of urea groups is 1. The van der Waals surface area contributed by atoms with Crippen LogP contribution in [-0.2, 0) is 19.1 Å². The lowest BCUT2D eigenvalue weighted by molar-refractivity contribution is -0.141. The fourth-order valence-electron chi connectivity index (χ4n) is 1.78. The summed E-state index contributed by atoms with van der Waals surface area (Å²) in [4.78, 5) is 52.1. The van der Waals surface area contributed by atoms with Crippen LogP contribution in [0.1, 0.15) is 59.3 Å². The van der Waals surface area contributed by atoms with Crippen LogP contribution in [0.2, 0.25) is 0 Å². The van der Waals surface area contributed by atoms with Gasteiger partial charge in [-0.05, 0) is 40.0 Å². The van der Waals surface area contributed by atoms with E-state index in [2.05, 4.69) is 11.1 Å². The summed E-state index contributed by atoms with van der Waals surface area (Å²) in [6.45, 7) is 5.94. The molecule has 0 heterocycles. The Morgan fingerprint density at radius 1 is 0.931 bits per heavy atom. The molecular weight excluding hydrogens is 390 g/mol. The molecule has 0 aliphatic carbocycles. The number of nitrogens with two attached hydrogens (primary N) is 1. The van der Waals surface area contributed by atoms with Gasteiger partial charge in [0.2, 0.25) is 0 Å². The van der Waals surface area contributed by atoms with Crippen molar-refractivity contribution in [1.29, 1.82) is 0 Å². The lowest BCUT2D eigenvalue weighted by Gasteiger charge is -2.19. The van der Waals surface area contributed by atoms with E-state index in [0.29, 0.717) is 13.0 Å². The summed E-state index contributed by atoms with van der Waals surface area (Å²) in [5.41, 5.74) is 4.20. The number of primary amides is 1. The first kappa shape index (κ1) is 28.2. The number of hydrogen-bond donors (Lipinski definition) is 6. The molecule has 0 radical (unpaired) electrons. The van der Waals surface area contributed by atoms with Gasteiger partial charge in [0.05, 0.1) is 0 Å². The van der Waals surface area contributed by atoms with Gasteiger partial charge < -0.3 is 36.4 Å². The largest absolute Gasteiger partial charge is 0.481 e. The van der Waals surface area contributed by atoms with Crippen LogP contribution in [-0.4, -0.2) is 63.5 Å². The van der Waals surface area contributed by atoms with E-state index in [1.165, 1.54) is 0 Å². The second kappa shape index (κ2) is 14.9. The molecule has 0 saturated carbocycles. The number of carboxylic acid groups (broad SMARTS) is 3. The summed E-state index contributed by atoms with van der Waals surface area (Å²) in [5, 5.41) is 29.6. The third-order valence-electron chi connectivity index (χ3n) is 3.00. The van der Waals surface area contributed by atoms with Gasteiger partial charge in [-0.1, -0.05) is 6.42 Å². The van der Waals surface area contributed by atoms with Crippen LogP contribution in [0, 0.1) is 0 Å². The molecule has 3 amide bonds. The summed E-state index contributed by atoms with van der Waals surface area (Å²) < 4.78 is 5.04. The molecule has 0 fully saturated rings. The number of carboxylic acids is 3. The van der Waals surface area contributed by atoms with E-state index in [-0.39, 0.29) is 19.3 Å². The van der Waals surface area contributed by atoms with Crippen LogP contribution in [0.4, 0.5) is 9.59 Å². The van der Waals surface area contributed by atoms with E-state index < -0.39 is 41.7 Å². The maximum absolute atomic E-state index is 11.2. The summed E-state index contributed by atoms with van der Waals surface area (Å²) in [5.74, 6) is -3.21. The van der Waals surface area contributed by atoms with Crippen molar-refractivity contribution in [3.05, 3.63) is 0 Å². The van der Waals surface area contributed by atoms with Gasteiger partial charge in [0.25, 0.3) is 0 Å². The average Bonchev–Trinajstić information content (AvgIpc) is 2.52. The minimum absolute atomic E-state index is 0.187. The Balaban J connectivity index is 0.